The number of nitro groups is 1. The van der Waals surface area contributed by atoms with Crippen LogP contribution in [-0.4, -0.2) is 22.2 Å². The van der Waals surface area contributed by atoms with Crippen molar-refractivity contribution < 1.29 is 14.1 Å². The number of methoxy groups -OCH3 is 1. The molecule has 0 aliphatic carbocycles. The highest BCUT2D eigenvalue weighted by atomic mass is 16.6. The van der Waals surface area contributed by atoms with Crippen LogP contribution in [0.5, 0.6) is 5.75 Å². The summed E-state index contributed by atoms with van der Waals surface area (Å²) in [4.78, 5) is 10.4. The molecule has 0 spiro atoms. The molecule has 31 heavy (non-hydrogen) atoms. The average Bonchev–Trinajstić information content (AvgIpc) is 3.31. The highest BCUT2D eigenvalue weighted by Crippen LogP contribution is 2.32. The lowest BCUT2D eigenvalue weighted by Gasteiger charge is -2.07. The van der Waals surface area contributed by atoms with E-state index >= 15 is 0 Å². The predicted molar refractivity (Wildman–Crippen MR) is 119 cm³/mol. The molecule has 0 bridgehead atoms. The Morgan fingerprint density at radius 1 is 0.871 bits per heavy atom. The first-order valence-electron chi connectivity index (χ1n) is 9.94. The zero-order chi connectivity index (χ0) is 22.2. The Morgan fingerprint density at radius 3 is 2.10 bits per heavy atom. The Balaban J connectivity index is 0.00000132. The SMILES string of the molecule is CC.COc1ccccc1-c1nnc(-c2ccccc2Cc2ccc([N+](=O)[O-])cc2)o1. The van der Waals surface area contributed by atoms with Crippen LogP contribution < -0.4 is 4.74 Å². The van der Waals surface area contributed by atoms with Crippen molar-refractivity contribution in [3.8, 4) is 28.7 Å². The number of para-hydroxylation sites is 1. The van der Waals surface area contributed by atoms with Crippen molar-refractivity contribution in [2.24, 2.45) is 0 Å². The molecule has 0 radical (unpaired) electrons. The van der Waals surface area contributed by atoms with Crippen LogP contribution in [0, 0.1) is 10.1 Å². The average molecular weight is 417 g/mol. The van der Waals surface area contributed by atoms with Gasteiger partial charge in [-0.05, 0) is 35.7 Å². The van der Waals surface area contributed by atoms with Crippen LogP contribution in [0.25, 0.3) is 22.9 Å². The first-order valence-corrected chi connectivity index (χ1v) is 9.94. The summed E-state index contributed by atoms with van der Waals surface area (Å²) in [5.74, 6) is 1.44. The second-order valence-electron chi connectivity index (χ2n) is 6.37. The fourth-order valence-corrected chi connectivity index (χ4v) is 3.10. The van der Waals surface area contributed by atoms with Gasteiger partial charge in [0.25, 0.3) is 11.6 Å². The van der Waals surface area contributed by atoms with E-state index in [1.54, 1.807) is 19.2 Å². The summed E-state index contributed by atoms with van der Waals surface area (Å²) in [5.41, 5.74) is 3.55. The standard InChI is InChI=1S/C22H17N3O4.C2H6/c1-28-20-9-5-4-8-19(20)22-24-23-21(29-22)18-7-3-2-6-16(18)14-15-10-12-17(13-11-15)25(26)27;1-2/h2-13H,14H2,1H3;1-2H3. The number of rotatable bonds is 6. The maximum atomic E-state index is 10.8. The molecule has 7 heteroatoms. The van der Waals surface area contributed by atoms with Crippen molar-refractivity contribution in [3.63, 3.8) is 0 Å². The van der Waals surface area contributed by atoms with E-state index in [2.05, 4.69) is 10.2 Å². The molecule has 0 amide bonds. The lowest BCUT2D eigenvalue weighted by atomic mass is 9.99. The van der Waals surface area contributed by atoms with Gasteiger partial charge in [0.15, 0.2) is 0 Å². The molecule has 0 atom stereocenters. The molecule has 4 rings (SSSR count). The third-order valence-electron chi connectivity index (χ3n) is 4.55. The number of benzene rings is 3. The topological polar surface area (TPSA) is 91.3 Å². The van der Waals surface area contributed by atoms with Crippen LogP contribution in [-0.2, 0) is 6.42 Å². The van der Waals surface area contributed by atoms with Crippen molar-refractivity contribution in [2.45, 2.75) is 20.3 Å². The lowest BCUT2D eigenvalue weighted by molar-refractivity contribution is -0.384. The summed E-state index contributed by atoms with van der Waals surface area (Å²) in [6, 6.07) is 21.7. The summed E-state index contributed by atoms with van der Waals surface area (Å²) in [5, 5.41) is 19.2. The summed E-state index contributed by atoms with van der Waals surface area (Å²) >= 11 is 0. The molecular weight excluding hydrogens is 394 g/mol. The van der Waals surface area contributed by atoms with E-state index < -0.39 is 4.92 Å². The first-order chi connectivity index (χ1) is 15.2. The van der Waals surface area contributed by atoms with E-state index in [9.17, 15) is 10.1 Å². The van der Waals surface area contributed by atoms with Crippen molar-refractivity contribution >= 4 is 5.69 Å². The van der Waals surface area contributed by atoms with E-state index in [1.807, 2.05) is 62.4 Å². The van der Waals surface area contributed by atoms with Gasteiger partial charge in [-0.3, -0.25) is 10.1 Å². The van der Waals surface area contributed by atoms with Crippen LogP contribution in [0.1, 0.15) is 25.0 Å². The minimum absolute atomic E-state index is 0.0698. The Labute approximate surface area is 180 Å². The zero-order valence-electron chi connectivity index (χ0n) is 17.6. The maximum Gasteiger partial charge on any atom is 0.269 e. The summed E-state index contributed by atoms with van der Waals surface area (Å²) in [7, 11) is 1.59. The van der Waals surface area contributed by atoms with Crippen LogP contribution in [0.15, 0.2) is 77.2 Å². The molecule has 0 unspecified atom stereocenters. The highest BCUT2D eigenvalue weighted by Gasteiger charge is 2.16. The fraction of sp³-hybridized carbons (Fsp3) is 0.167. The summed E-state index contributed by atoms with van der Waals surface area (Å²) < 4.78 is 11.3. The summed E-state index contributed by atoms with van der Waals surface area (Å²) in [6.45, 7) is 4.00. The molecule has 0 N–H and O–H groups in total. The minimum Gasteiger partial charge on any atom is -0.496 e. The van der Waals surface area contributed by atoms with Gasteiger partial charge < -0.3 is 9.15 Å². The molecule has 158 valence electrons. The molecule has 0 fully saturated rings. The van der Waals surface area contributed by atoms with Gasteiger partial charge in [-0.25, -0.2) is 0 Å². The molecule has 7 nitrogen and oxygen atoms in total. The van der Waals surface area contributed by atoms with Gasteiger partial charge in [0.05, 0.1) is 17.6 Å². The largest absolute Gasteiger partial charge is 0.496 e. The van der Waals surface area contributed by atoms with E-state index in [0.29, 0.717) is 24.0 Å². The number of ether oxygens (including phenoxy) is 1. The Morgan fingerprint density at radius 2 is 1.45 bits per heavy atom. The van der Waals surface area contributed by atoms with Gasteiger partial charge in [-0.2, -0.15) is 0 Å². The molecule has 0 saturated carbocycles. The monoisotopic (exact) mass is 417 g/mol. The van der Waals surface area contributed by atoms with Gasteiger partial charge in [0.2, 0.25) is 5.89 Å². The van der Waals surface area contributed by atoms with Crippen LogP contribution in [0.2, 0.25) is 0 Å². The molecule has 3 aromatic carbocycles. The minimum atomic E-state index is -0.407. The maximum absolute atomic E-state index is 10.8. The molecule has 1 aromatic heterocycles. The van der Waals surface area contributed by atoms with E-state index in [4.69, 9.17) is 9.15 Å². The normalized spacial score (nSPS) is 10.2. The zero-order valence-corrected chi connectivity index (χ0v) is 17.6. The van der Waals surface area contributed by atoms with Gasteiger partial charge in [-0.1, -0.05) is 56.3 Å². The Bertz CT molecular complexity index is 1150. The molecular formula is C24H23N3O4. The highest BCUT2D eigenvalue weighted by molar-refractivity contribution is 5.65. The number of aromatic nitrogens is 2. The third-order valence-corrected chi connectivity index (χ3v) is 4.55. The van der Waals surface area contributed by atoms with Gasteiger partial charge in [0.1, 0.15) is 5.75 Å². The number of nitro benzene ring substituents is 1. The smallest absolute Gasteiger partial charge is 0.269 e. The first kappa shape index (κ1) is 21.7. The van der Waals surface area contributed by atoms with Crippen molar-refractivity contribution in [3.05, 3.63) is 94.0 Å². The number of hydrogen-bond acceptors (Lipinski definition) is 6. The van der Waals surface area contributed by atoms with Crippen molar-refractivity contribution in [2.75, 3.05) is 7.11 Å². The van der Waals surface area contributed by atoms with Gasteiger partial charge >= 0.3 is 0 Å². The lowest BCUT2D eigenvalue weighted by Crippen LogP contribution is -1.93. The van der Waals surface area contributed by atoms with Crippen LogP contribution in [0.3, 0.4) is 0 Å². The molecule has 0 saturated heterocycles. The van der Waals surface area contributed by atoms with E-state index in [0.717, 1.165) is 22.3 Å². The molecule has 0 aliphatic heterocycles. The second-order valence-corrected chi connectivity index (χ2v) is 6.37. The van der Waals surface area contributed by atoms with E-state index in [1.165, 1.54) is 12.1 Å². The molecule has 0 aliphatic rings. The Kier molecular flexibility index (Phi) is 7.11. The van der Waals surface area contributed by atoms with Crippen LogP contribution >= 0.6 is 0 Å². The van der Waals surface area contributed by atoms with Gasteiger partial charge in [-0.15, -0.1) is 10.2 Å². The number of hydrogen-bond donors (Lipinski definition) is 0. The predicted octanol–water partition coefficient (Wildman–Crippen LogP) is 5.94. The summed E-state index contributed by atoms with van der Waals surface area (Å²) in [6.07, 6.45) is 0.584. The quantitative estimate of drug-likeness (QED) is 0.285. The van der Waals surface area contributed by atoms with Crippen molar-refractivity contribution in [1.29, 1.82) is 0 Å². The third kappa shape index (κ3) is 4.95. The van der Waals surface area contributed by atoms with Gasteiger partial charge in [0, 0.05) is 17.7 Å². The number of non-ortho nitro benzene ring substituents is 1. The van der Waals surface area contributed by atoms with E-state index in [-0.39, 0.29) is 5.69 Å². The van der Waals surface area contributed by atoms with Crippen molar-refractivity contribution in [1.82, 2.24) is 10.2 Å². The fourth-order valence-electron chi connectivity index (χ4n) is 3.10. The van der Waals surface area contributed by atoms with Crippen LogP contribution in [0.4, 0.5) is 5.69 Å². The Hall–Kier alpha value is -4.00. The molecule has 1 heterocycles. The second kappa shape index (κ2) is 10.2. The number of nitrogens with zero attached hydrogens (tertiary/aromatic N) is 3. The molecule has 4 aromatic rings.